The van der Waals surface area contributed by atoms with Crippen LogP contribution in [0.4, 0.5) is 26.3 Å². The molecule has 178 valence electrons. The van der Waals surface area contributed by atoms with Gasteiger partial charge in [-0.1, -0.05) is 28.7 Å². The van der Waals surface area contributed by atoms with E-state index in [0.717, 1.165) is 0 Å². The number of ether oxygens (including phenoxy) is 2. The van der Waals surface area contributed by atoms with Gasteiger partial charge in [0.25, 0.3) is 0 Å². The second-order valence-electron chi connectivity index (χ2n) is 7.24. The van der Waals surface area contributed by atoms with Gasteiger partial charge >= 0.3 is 12.6 Å². The molecule has 11 heteroatoms. The summed E-state index contributed by atoms with van der Waals surface area (Å²) in [4.78, 5) is 3.66. The van der Waals surface area contributed by atoms with E-state index in [2.05, 4.69) is 4.99 Å². The third-order valence-corrected chi connectivity index (χ3v) is 5.35. The lowest BCUT2D eigenvalue weighted by Gasteiger charge is -2.37. The van der Waals surface area contributed by atoms with Crippen LogP contribution in [0.3, 0.4) is 0 Å². The molecule has 1 N–H and O–H groups in total. The molecule has 0 saturated carbocycles. The Morgan fingerprint density at radius 1 is 0.758 bits per heavy atom. The number of hydrogen-bond donors (Lipinski definition) is 1. The highest BCUT2D eigenvalue weighted by Crippen LogP contribution is 2.52. The number of aliphatic hydroxyl groups excluding tert-OH is 1. The summed E-state index contributed by atoms with van der Waals surface area (Å²) >= 11 is 0. The summed E-state index contributed by atoms with van der Waals surface area (Å²) in [6.07, 6.45) is -12.7. The van der Waals surface area contributed by atoms with Gasteiger partial charge in [0.1, 0.15) is 23.8 Å². The van der Waals surface area contributed by atoms with E-state index in [1.165, 1.54) is 50.6 Å². The second-order valence-corrected chi connectivity index (χ2v) is 7.24. The fourth-order valence-corrected chi connectivity index (χ4v) is 3.76. The first kappa shape index (κ1) is 24.6. The summed E-state index contributed by atoms with van der Waals surface area (Å²) in [5, 5.41) is 9.53. The number of aliphatic imine (C=N–C) groups is 1. The van der Waals surface area contributed by atoms with Crippen LogP contribution in [0.2, 0.25) is 0 Å². The quantitative estimate of drug-likeness (QED) is 0.350. The fraction of sp³-hybridized carbons (Fsp3) is 0.318. The molecule has 0 radical (unpaired) electrons. The van der Waals surface area contributed by atoms with Crippen molar-refractivity contribution in [1.82, 2.24) is 0 Å². The monoisotopic (exact) mass is 475 g/mol. The van der Waals surface area contributed by atoms with Gasteiger partial charge in [0.05, 0.1) is 20.6 Å². The molecule has 0 aromatic heterocycles. The van der Waals surface area contributed by atoms with Crippen molar-refractivity contribution in [2.45, 2.75) is 25.4 Å². The van der Waals surface area contributed by atoms with Crippen molar-refractivity contribution < 1.29 is 45.4 Å². The Balaban J connectivity index is 2.19. The zero-order valence-corrected chi connectivity index (χ0v) is 17.7. The Kier molecular flexibility index (Phi) is 6.75. The second kappa shape index (κ2) is 9.06. The number of amidine groups is 1. The van der Waals surface area contributed by atoms with Gasteiger partial charge in [0.2, 0.25) is 5.84 Å². The standard InChI is InChI=1S/C22H21F6N2O3/c1-32-16-7-3-14(4-8-16)11-18-19(12-15-5-9-17(33-2)10-6-15)30(21(23,24)25,22(26,27)28)20(13-31)29-18/h3-10,31H,11-13H2,1-2H3/q+1. The van der Waals surface area contributed by atoms with E-state index in [4.69, 9.17) is 9.47 Å². The van der Waals surface area contributed by atoms with Crippen LogP contribution in [0.5, 0.6) is 11.5 Å². The number of allylic oxidation sites excluding steroid dienone is 2. The Morgan fingerprint density at radius 3 is 1.55 bits per heavy atom. The maximum Gasteiger partial charge on any atom is 0.579 e. The van der Waals surface area contributed by atoms with Crippen molar-refractivity contribution in [3.8, 4) is 11.5 Å². The van der Waals surface area contributed by atoms with Crippen LogP contribution in [0, 0.1) is 0 Å². The maximum atomic E-state index is 14.2. The third-order valence-electron chi connectivity index (χ3n) is 5.35. The van der Waals surface area contributed by atoms with Crippen molar-refractivity contribution in [2.24, 2.45) is 4.99 Å². The van der Waals surface area contributed by atoms with E-state index in [1.807, 2.05) is 0 Å². The van der Waals surface area contributed by atoms with Crippen LogP contribution in [0.1, 0.15) is 11.1 Å². The molecular weight excluding hydrogens is 454 g/mol. The van der Waals surface area contributed by atoms with Gasteiger partial charge in [-0.25, -0.2) is 0 Å². The molecule has 0 aliphatic carbocycles. The van der Waals surface area contributed by atoms with Gasteiger partial charge < -0.3 is 14.6 Å². The van der Waals surface area contributed by atoms with Crippen molar-refractivity contribution in [1.29, 1.82) is 0 Å². The van der Waals surface area contributed by atoms with Crippen molar-refractivity contribution in [3.05, 3.63) is 71.1 Å². The lowest BCUT2D eigenvalue weighted by Crippen LogP contribution is -2.68. The molecule has 0 spiro atoms. The predicted molar refractivity (Wildman–Crippen MR) is 107 cm³/mol. The topological polar surface area (TPSA) is 51.0 Å². The zero-order chi connectivity index (χ0) is 24.4. The van der Waals surface area contributed by atoms with Crippen LogP contribution in [0.25, 0.3) is 0 Å². The number of nitrogens with zero attached hydrogens (tertiary/aromatic N) is 2. The van der Waals surface area contributed by atoms with Gasteiger partial charge in [-0.2, -0.15) is 4.99 Å². The molecule has 0 atom stereocenters. The molecule has 0 amide bonds. The lowest BCUT2D eigenvalue weighted by molar-refractivity contribution is -1.01. The van der Waals surface area contributed by atoms with Gasteiger partial charge in [-0.05, 0) is 35.4 Å². The van der Waals surface area contributed by atoms with Crippen LogP contribution in [-0.4, -0.2) is 48.9 Å². The first-order valence-corrected chi connectivity index (χ1v) is 9.68. The SMILES string of the molecule is COc1ccc(CC2=C(Cc3ccc(OC)cc3)[N+](C(F)(F)F)(C(F)(F)F)C(CO)=N2)cc1. The molecule has 1 aliphatic rings. The number of alkyl halides is 6. The molecule has 1 heterocycles. The highest BCUT2D eigenvalue weighted by molar-refractivity contribution is 5.81. The Labute approximate surface area is 185 Å². The Bertz CT molecular complexity index is 1030. The van der Waals surface area contributed by atoms with E-state index >= 15 is 0 Å². The Hall–Kier alpha value is -3.05. The van der Waals surface area contributed by atoms with Gasteiger partial charge in [-0.15, -0.1) is 26.3 Å². The van der Waals surface area contributed by atoms with Gasteiger partial charge in [0.15, 0.2) is 5.70 Å². The average Bonchev–Trinajstić information content (AvgIpc) is 3.09. The first-order valence-electron chi connectivity index (χ1n) is 9.68. The third kappa shape index (κ3) is 4.42. The van der Waals surface area contributed by atoms with E-state index in [-0.39, 0.29) is 12.0 Å². The van der Waals surface area contributed by atoms with Gasteiger partial charge in [0, 0.05) is 6.42 Å². The van der Waals surface area contributed by atoms with Crippen molar-refractivity contribution >= 4 is 5.84 Å². The molecule has 0 saturated heterocycles. The highest BCUT2D eigenvalue weighted by atomic mass is 19.4. The molecule has 0 bridgehead atoms. The summed E-state index contributed by atoms with van der Waals surface area (Å²) in [5.41, 5.74) is -0.790. The number of rotatable bonds is 7. The van der Waals surface area contributed by atoms with Gasteiger partial charge in [-0.3, -0.25) is 0 Å². The minimum absolute atomic E-state index is 0.198. The lowest BCUT2D eigenvalue weighted by atomic mass is 10.0. The number of aliphatic hydroxyl groups is 1. The van der Waals surface area contributed by atoms with E-state index in [1.54, 1.807) is 12.1 Å². The van der Waals surface area contributed by atoms with Crippen LogP contribution < -0.4 is 9.47 Å². The average molecular weight is 475 g/mol. The predicted octanol–water partition coefficient (Wildman–Crippen LogP) is 4.96. The highest BCUT2D eigenvalue weighted by Gasteiger charge is 2.78. The van der Waals surface area contributed by atoms with Crippen molar-refractivity contribution in [3.63, 3.8) is 0 Å². The summed E-state index contributed by atoms with van der Waals surface area (Å²) in [5.74, 6) is -0.563. The molecule has 5 nitrogen and oxygen atoms in total. The van der Waals surface area contributed by atoms with Crippen molar-refractivity contribution in [2.75, 3.05) is 20.8 Å². The number of methoxy groups -OCH3 is 2. The molecule has 0 fully saturated rings. The number of halogens is 6. The first-order chi connectivity index (χ1) is 15.5. The molecule has 2 aromatic carbocycles. The summed E-state index contributed by atoms with van der Waals surface area (Å²) < 4.78 is 91.9. The fourth-order valence-electron chi connectivity index (χ4n) is 3.76. The summed E-state index contributed by atoms with van der Waals surface area (Å²) in [7, 11) is 2.82. The maximum absolute atomic E-state index is 14.2. The molecule has 2 aromatic rings. The minimum atomic E-state index is -5.83. The molecule has 1 aliphatic heterocycles. The summed E-state index contributed by atoms with van der Waals surface area (Å²) in [6.45, 7) is -1.52. The number of hydrogen-bond acceptors (Lipinski definition) is 4. The number of quaternary nitrogens is 1. The zero-order valence-electron chi connectivity index (χ0n) is 17.7. The normalized spacial score (nSPS) is 16.1. The van der Waals surface area contributed by atoms with E-state index < -0.39 is 47.3 Å². The van der Waals surface area contributed by atoms with E-state index in [0.29, 0.717) is 17.1 Å². The van der Waals surface area contributed by atoms with E-state index in [9.17, 15) is 31.4 Å². The Morgan fingerprint density at radius 2 is 1.18 bits per heavy atom. The molecule has 33 heavy (non-hydrogen) atoms. The molecule has 3 rings (SSSR count). The van der Waals surface area contributed by atoms with Crippen LogP contribution in [-0.2, 0) is 12.8 Å². The summed E-state index contributed by atoms with van der Waals surface area (Å²) in [6, 6.07) is 11.8. The largest absolute Gasteiger partial charge is 0.579 e. The van der Waals surface area contributed by atoms with Crippen LogP contribution >= 0.6 is 0 Å². The van der Waals surface area contributed by atoms with Crippen LogP contribution in [0.15, 0.2) is 64.9 Å². The number of benzene rings is 2. The minimum Gasteiger partial charge on any atom is -0.497 e. The smallest absolute Gasteiger partial charge is 0.497 e. The molecular formula is C22H21F6N2O3+. The molecule has 0 unspecified atom stereocenters.